The fraction of sp³-hybridized carbons (Fsp3) is 0.226. The molecular weight excluding hydrogens is 447 g/mol. The number of nitrogens with zero attached hydrogens (tertiary/aromatic N) is 3. The molecule has 1 aliphatic carbocycles. The molecule has 0 heterocycles. The molecule has 0 bridgehead atoms. The molecule has 0 saturated carbocycles. The maximum Gasteiger partial charge on any atom is 0.123 e. The van der Waals surface area contributed by atoms with Crippen molar-refractivity contribution in [1.29, 1.82) is 10.5 Å². The summed E-state index contributed by atoms with van der Waals surface area (Å²) >= 11 is 0. The van der Waals surface area contributed by atoms with E-state index in [1.54, 1.807) is 12.1 Å². The van der Waals surface area contributed by atoms with Gasteiger partial charge in [0.15, 0.2) is 0 Å². The van der Waals surface area contributed by atoms with Crippen LogP contribution in [0.5, 0.6) is 0 Å². The summed E-state index contributed by atoms with van der Waals surface area (Å²) in [7, 11) is 0. The van der Waals surface area contributed by atoms with Gasteiger partial charge in [-0.15, -0.1) is 0 Å². The lowest BCUT2D eigenvalue weighted by atomic mass is 9.86. The van der Waals surface area contributed by atoms with Gasteiger partial charge in [0.05, 0.1) is 16.8 Å². The van der Waals surface area contributed by atoms with Crippen molar-refractivity contribution in [1.82, 2.24) is 0 Å². The van der Waals surface area contributed by atoms with Gasteiger partial charge in [0.1, 0.15) is 18.0 Å². The van der Waals surface area contributed by atoms with Crippen molar-refractivity contribution in [2.75, 3.05) is 23.3 Å². The highest BCUT2D eigenvalue weighted by atomic mass is 19.1. The van der Waals surface area contributed by atoms with Crippen molar-refractivity contribution in [3.8, 4) is 23.3 Å². The number of allylic oxidation sites excluding steroid dienone is 4. The Bertz CT molecular complexity index is 1380. The van der Waals surface area contributed by atoms with Crippen molar-refractivity contribution < 1.29 is 4.39 Å². The average Bonchev–Trinajstić information content (AvgIpc) is 2.91. The maximum absolute atomic E-state index is 13.2. The van der Waals surface area contributed by atoms with E-state index < -0.39 is 0 Å². The first-order valence-corrected chi connectivity index (χ1v) is 12.3. The van der Waals surface area contributed by atoms with E-state index in [1.165, 1.54) is 12.1 Å². The molecule has 1 atom stereocenters. The number of hydrogen-bond acceptors (Lipinski definition) is 4. The average molecular weight is 477 g/mol. The molecule has 0 aromatic heterocycles. The minimum absolute atomic E-state index is 0.280. The SMILES string of the molecule is CCN(CC)c1c(C#N)c(C2=CCC(C)C=C2)cc(-c2ccc(Nc3ccc(F)cc3)cc2)c1C#N. The van der Waals surface area contributed by atoms with E-state index >= 15 is 0 Å². The fourth-order valence-electron chi connectivity index (χ4n) is 4.57. The van der Waals surface area contributed by atoms with Crippen molar-refractivity contribution in [3.05, 3.63) is 95.3 Å². The summed E-state index contributed by atoms with van der Waals surface area (Å²) in [6.45, 7) is 7.62. The highest BCUT2D eigenvalue weighted by Crippen LogP contribution is 2.40. The minimum atomic E-state index is -0.280. The lowest BCUT2D eigenvalue weighted by Gasteiger charge is -2.27. The Labute approximate surface area is 212 Å². The third kappa shape index (κ3) is 5.02. The molecule has 180 valence electrons. The van der Waals surface area contributed by atoms with Crippen molar-refractivity contribution in [2.24, 2.45) is 5.92 Å². The van der Waals surface area contributed by atoms with Gasteiger partial charge in [-0.2, -0.15) is 10.5 Å². The van der Waals surface area contributed by atoms with Crippen LogP contribution in [-0.4, -0.2) is 13.1 Å². The zero-order chi connectivity index (χ0) is 25.7. The Balaban J connectivity index is 1.84. The van der Waals surface area contributed by atoms with Crippen LogP contribution in [0.4, 0.5) is 21.5 Å². The van der Waals surface area contributed by atoms with Crippen LogP contribution in [0.15, 0.2) is 72.8 Å². The first kappa shape index (κ1) is 24.8. The summed E-state index contributed by atoms with van der Waals surface area (Å²) in [6, 6.07) is 20.8. The first-order chi connectivity index (χ1) is 17.5. The Hall–Kier alpha value is -4.35. The summed E-state index contributed by atoms with van der Waals surface area (Å²) in [5.41, 5.74) is 6.94. The van der Waals surface area contributed by atoms with Crippen LogP contribution >= 0.6 is 0 Å². The molecule has 1 unspecified atom stereocenters. The molecule has 1 N–H and O–H groups in total. The molecule has 0 saturated heterocycles. The molecule has 3 aromatic rings. The van der Waals surface area contributed by atoms with Crippen LogP contribution in [0.1, 0.15) is 43.9 Å². The van der Waals surface area contributed by atoms with Gasteiger partial charge in [-0.25, -0.2) is 4.39 Å². The predicted molar refractivity (Wildman–Crippen MR) is 145 cm³/mol. The molecule has 4 nitrogen and oxygen atoms in total. The van der Waals surface area contributed by atoms with E-state index in [9.17, 15) is 14.9 Å². The van der Waals surface area contributed by atoms with E-state index in [-0.39, 0.29) is 5.82 Å². The number of benzene rings is 3. The molecule has 0 fully saturated rings. The molecule has 0 spiro atoms. The summed E-state index contributed by atoms with van der Waals surface area (Å²) in [6.07, 6.45) is 7.35. The Kier molecular flexibility index (Phi) is 7.52. The van der Waals surface area contributed by atoms with Crippen molar-refractivity contribution in [3.63, 3.8) is 0 Å². The van der Waals surface area contributed by atoms with Crippen LogP contribution in [-0.2, 0) is 0 Å². The number of anilines is 3. The summed E-state index contributed by atoms with van der Waals surface area (Å²) in [5, 5.41) is 23.8. The van der Waals surface area contributed by atoms with E-state index in [0.29, 0.717) is 35.8 Å². The van der Waals surface area contributed by atoms with E-state index in [4.69, 9.17) is 0 Å². The topological polar surface area (TPSA) is 62.9 Å². The third-order valence-corrected chi connectivity index (χ3v) is 6.56. The predicted octanol–water partition coefficient (Wildman–Crippen LogP) is 7.81. The maximum atomic E-state index is 13.2. The lowest BCUT2D eigenvalue weighted by Crippen LogP contribution is -2.24. The zero-order valence-electron chi connectivity index (χ0n) is 20.8. The van der Waals surface area contributed by atoms with Crippen LogP contribution in [0, 0.1) is 34.4 Å². The smallest absolute Gasteiger partial charge is 0.123 e. The van der Waals surface area contributed by atoms with Gasteiger partial charge in [0.25, 0.3) is 0 Å². The third-order valence-electron chi connectivity index (χ3n) is 6.56. The van der Waals surface area contributed by atoms with Crippen LogP contribution in [0.25, 0.3) is 16.7 Å². The largest absolute Gasteiger partial charge is 0.370 e. The highest BCUT2D eigenvalue weighted by Gasteiger charge is 2.24. The molecule has 3 aromatic carbocycles. The normalized spacial score (nSPS) is 14.5. The van der Waals surface area contributed by atoms with Gasteiger partial charge in [0, 0.05) is 35.6 Å². The molecule has 0 aliphatic heterocycles. The van der Waals surface area contributed by atoms with E-state index in [0.717, 1.165) is 40.1 Å². The fourth-order valence-corrected chi connectivity index (χ4v) is 4.57. The Morgan fingerprint density at radius 1 is 0.917 bits per heavy atom. The quantitative estimate of drug-likeness (QED) is 0.378. The summed E-state index contributed by atoms with van der Waals surface area (Å²) in [5.74, 6) is 0.179. The Morgan fingerprint density at radius 2 is 1.50 bits per heavy atom. The van der Waals surface area contributed by atoms with Crippen LogP contribution in [0.2, 0.25) is 0 Å². The van der Waals surface area contributed by atoms with Gasteiger partial charge in [-0.05, 0) is 79.8 Å². The molecule has 0 amide bonds. The number of halogens is 1. The molecular formula is C31H29FN4. The Morgan fingerprint density at radius 3 is 2.03 bits per heavy atom. The highest BCUT2D eigenvalue weighted by molar-refractivity contribution is 5.91. The van der Waals surface area contributed by atoms with Gasteiger partial charge in [0.2, 0.25) is 0 Å². The number of nitriles is 2. The molecule has 0 radical (unpaired) electrons. The van der Waals surface area contributed by atoms with Crippen molar-refractivity contribution in [2.45, 2.75) is 27.2 Å². The molecule has 36 heavy (non-hydrogen) atoms. The number of hydrogen-bond donors (Lipinski definition) is 1. The monoisotopic (exact) mass is 476 g/mol. The van der Waals surface area contributed by atoms with E-state index in [2.05, 4.69) is 47.5 Å². The van der Waals surface area contributed by atoms with Crippen molar-refractivity contribution >= 4 is 22.6 Å². The summed E-state index contributed by atoms with van der Waals surface area (Å²) < 4.78 is 13.2. The minimum Gasteiger partial charge on any atom is -0.370 e. The second-order valence-electron chi connectivity index (χ2n) is 8.91. The van der Waals surface area contributed by atoms with Gasteiger partial charge in [-0.1, -0.05) is 37.3 Å². The second-order valence-corrected chi connectivity index (χ2v) is 8.91. The van der Waals surface area contributed by atoms with E-state index in [1.807, 2.05) is 44.2 Å². The van der Waals surface area contributed by atoms with Crippen LogP contribution < -0.4 is 10.2 Å². The van der Waals surface area contributed by atoms with Gasteiger partial charge < -0.3 is 10.2 Å². The summed E-state index contributed by atoms with van der Waals surface area (Å²) in [4.78, 5) is 2.09. The van der Waals surface area contributed by atoms with Crippen LogP contribution in [0.3, 0.4) is 0 Å². The molecule has 1 aliphatic rings. The van der Waals surface area contributed by atoms with Gasteiger partial charge >= 0.3 is 0 Å². The number of nitrogens with one attached hydrogen (secondary N) is 1. The second kappa shape index (κ2) is 10.9. The lowest BCUT2D eigenvalue weighted by molar-refractivity contribution is 0.628. The molecule has 4 rings (SSSR count). The first-order valence-electron chi connectivity index (χ1n) is 12.3. The molecule has 5 heteroatoms. The van der Waals surface area contributed by atoms with Gasteiger partial charge in [-0.3, -0.25) is 0 Å². The zero-order valence-corrected chi connectivity index (χ0v) is 20.8. The standard InChI is InChI=1S/C31H29FN4/c1-4-36(5-2)31-29(19-33)27(22-8-6-21(3)7-9-22)18-28(30(31)20-34)23-10-14-25(15-11-23)35-26-16-12-24(32)13-17-26/h6,8-18,21,35H,4-5,7H2,1-3H3. The number of rotatable bonds is 7.